The molecule has 0 aromatic heterocycles. The zero-order chi connectivity index (χ0) is 16.3. The molecular weight excluding hydrogens is 306 g/mol. The first-order valence-electron chi connectivity index (χ1n) is 7.18. The minimum absolute atomic E-state index is 0.0459. The van der Waals surface area contributed by atoms with E-state index in [1.54, 1.807) is 12.1 Å². The zero-order valence-electron chi connectivity index (χ0n) is 12.5. The summed E-state index contributed by atoms with van der Waals surface area (Å²) >= 11 is 0. The molecule has 1 amide bonds. The lowest BCUT2D eigenvalue weighted by Crippen LogP contribution is -2.37. The van der Waals surface area contributed by atoms with Crippen molar-refractivity contribution in [3.05, 3.63) is 29.8 Å². The largest absolute Gasteiger partial charge is 0.449 e. The Labute approximate surface area is 129 Å². The van der Waals surface area contributed by atoms with Crippen LogP contribution in [-0.2, 0) is 19.4 Å². The maximum Gasteiger partial charge on any atom is 0.340 e. The second kappa shape index (κ2) is 6.48. The molecular formula is C15H19NO5S. The Bertz CT molecular complexity index is 679. The van der Waals surface area contributed by atoms with Gasteiger partial charge in [-0.15, -0.1) is 0 Å². The molecule has 1 aliphatic carbocycles. The molecule has 1 atom stereocenters. The van der Waals surface area contributed by atoms with E-state index in [9.17, 15) is 18.0 Å². The zero-order valence-corrected chi connectivity index (χ0v) is 13.4. The highest BCUT2D eigenvalue weighted by Crippen LogP contribution is 2.20. The van der Waals surface area contributed by atoms with Gasteiger partial charge in [0.25, 0.3) is 5.91 Å². The molecule has 0 radical (unpaired) electrons. The van der Waals surface area contributed by atoms with Crippen molar-refractivity contribution in [1.82, 2.24) is 5.32 Å². The Morgan fingerprint density at radius 3 is 2.55 bits per heavy atom. The van der Waals surface area contributed by atoms with E-state index in [-0.39, 0.29) is 28.2 Å². The number of carbonyl (C=O) groups is 2. The second-order valence-electron chi connectivity index (χ2n) is 5.23. The number of hydrogen-bond acceptors (Lipinski definition) is 5. The SMILES string of the molecule is CCS(=O)(=O)c1ccccc1C(=O)O[C@H](C)C(=O)NC1CC1. The van der Waals surface area contributed by atoms with Gasteiger partial charge in [-0.2, -0.15) is 0 Å². The molecule has 0 spiro atoms. The van der Waals surface area contributed by atoms with Crippen molar-refractivity contribution in [2.24, 2.45) is 0 Å². The fourth-order valence-electron chi connectivity index (χ4n) is 1.89. The minimum Gasteiger partial charge on any atom is -0.449 e. The van der Waals surface area contributed by atoms with E-state index in [0.29, 0.717) is 0 Å². The van der Waals surface area contributed by atoms with Gasteiger partial charge in [-0.05, 0) is 31.9 Å². The van der Waals surface area contributed by atoms with Gasteiger partial charge in [0.05, 0.1) is 16.2 Å². The molecule has 22 heavy (non-hydrogen) atoms. The fraction of sp³-hybridized carbons (Fsp3) is 0.467. The highest BCUT2D eigenvalue weighted by Gasteiger charge is 2.28. The number of hydrogen-bond donors (Lipinski definition) is 1. The highest BCUT2D eigenvalue weighted by molar-refractivity contribution is 7.91. The lowest BCUT2D eigenvalue weighted by Gasteiger charge is -2.14. The van der Waals surface area contributed by atoms with Gasteiger partial charge in [0.15, 0.2) is 15.9 Å². The van der Waals surface area contributed by atoms with Crippen LogP contribution < -0.4 is 5.32 Å². The van der Waals surface area contributed by atoms with Gasteiger partial charge in [0.2, 0.25) is 0 Å². The molecule has 7 heteroatoms. The number of ether oxygens (including phenoxy) is 1. The number of amides is 1. The molecule has 0 saturated heterocycles. The molecule has 1 aromatic carbocycles. The summed E-state index contributed by atoms with van der Waals surface area (Å²) < 4.78 is 29.1. The summed E-state index contributed by atoms with van der Waals surface area (Å²) in [6.45, 7) is 2.97. The third-order valence-corrected chi connectivity index (χ3v) is 5.19. The van der Waals surface area contributed by atoms with E-state index in [2.05, 4.69) is 5.32 Å². The van der Waals surface area contributed by atoms with Crippen LogP contribution in [0.5, 0.6) is 0 Å². The normalized spacial score (nSPS) is 15.9. The number of sulfone groups is 1. The number of benzene rings is 1. The Hall–Kier alpha value is -1.89. The first-order chi connectivity index (χ1) is 10.3. The molecule has 0 heterocycles. The van der Waals surface area contributed by atoms with Crippen LogP contribution in [0.3, 0.4) is 0 Å². The average molecular weight is 325 g/mol. The first-order valence-corrected chi connectivity index (χ1v) is 8.83. The Kier molecular flexibility index (Phi) is 4.85. The minimum atomic E-state index is -3.54. The highest BCUT2D eigenvalue weighted by atomic mass is 32.2. The number of nitrogens with one attached hydrogen (secondary N) is 1. The van der Waals surface area contributed by atoms with Crippen LogP contribution in [0.25, 0.3) is 0 Å². The second-order valence-corrected chi connectivity index (χ2v) is 7.48. The average Bonchev–Trinajstić information content (AvgIpc) is 3.31. The van der Waals surface area contributed by atoms with Crippen molar-refractivity contribution in [3.63, 3.8) is 0 Å². The van der Waals surface area contributed by atoms with Crippen LogP contribution >= 0.6 is 0 Å². The number of carbonyl (C=O) groups excluding carboxylic acids is 2. The molecule has 1 aliphatic rings. The molecule has 0 aliphatic heterocycles. The smallest absolute Gasteiger partial charge is 0.340 e. The third kappa shape index (κ3) is 3.85. The Morgan fingerprint density at radius 2 is 1.95 bits per heavy atom. The summed E-state index contributed by atoms with van der Waals surface area (Å²) in [5, 5.41) is 2.73. The molecule has 1 saturated carbocycles. The lowest BCUT2D eigenvalue weighted by atomic mass is 10.2. The van der Waals surface area contributed by atoms with Crippen LogP contribution in [-0.4, -0.2) is 38.2 Å². The molecule has 0 unspecified atom stereocenters. The van der Waals surface area contributed by atoms with Gasteiger partial charge in [-0.25, -0.2) is 13.2 Å². The summed E-state index contributed by atoms with van der Waals surface area (Å²) in [5.74, 6) is -1.30. The molecule has 6 nitrogen and oxygen atoms in total. The van der Waals surface area contributed by atoms with E-state index >= 15 is 0 Å². The maximum absolute atomic E-state index is 12.2. The summed E-state index contributed by atoms with van der Waals surface area (Å²) in [4.78, 5) is 23.9. The molecule has 1 fully saturated rings. The van der Waals surface area contributed by atoms with Crippen LogP contribution in [0.2, 0.25) is 0 Å². The van der Waals surface area contributed by atoms with Crippen molar-refractivity contribution < 1.29 is 22.7 Å². The van der Waals surface area contributed by atoms with Gasteiger partial charge in [-0.1, -0.05) is 19.1 Å². The van der Waals surface area contributed by atoms with Gasteiger partial charge >= 0.3 is 5.97 Å². The Balaban J connectivity index is 2.14. The molecule has 2 rings (SSSR count). The predicted molar refractivity (Wildman–Crippen MR) is 80.2 cm³/mol. The van der Waals surface area contributed by atoms with Gasteiger partial charge < -0.3 is 10.1 Å². The van der Waals surface area contributed by atoms with E-state index in [0.717, 1.165) is 12.8 Å². The molecule has 1 aromatic rings. The predicted octanol–water partition coefficient (Wildman–Crippen LogP) is 1.30. The van der Waals surface area contributed by atoms with E-state index < -0.39 is 21.9 Å². The maximum atomic E-state index is 12.2. The summed E-state index contributed by atoms with van der Waals surface area (Å²) in [5.41, 5.74) is -0.0459. The number of esters is 1. The summed E-state index contributed by atoms with van der Waals surface area (Å²) in [7, 11) is -3.54. The lowest BCUT2D eigenvalue weighted by molar-refractivity contribution is -0.129. The van der Waals surface area contributed by atoms with Crippen molar-refractivity contribution >= 4 is 21.7 Å². The van der Waals surface area contributed by atoms with Crippen molar-refractivity contribution in [2.45, 2.75) is 43.7 Å². The number of rotatable bonds is 6. The van der Waals surface area contributed by atoms with Gasteiger partial charge in [0, 0.05) is 6.04 Å². The van der Waals surface area contributed by atoms with Crippen molar-refractivity contribution in [1.29, 1.82) is 0 Å². The monoisotopic (exact) mass is 325 g/mol. The third-order valence-electron chi connectivity index (χ3n) is 3.40. The van der Waals surface area contributed by atoms with Crippen LogP contribution in [0.15, 0.2) is 29.2 Å². The topological polar surface area (TPSA) is 89.5 Å². The summed E-state index contributed by atoms with van der Waals surface area (Å²) in [6, 6.07) is 6.02. The first kappa shape index (κ1) is 16.5. The van der Waals surface area contributed by atoms with Crippen LogP contribution in [0, 0.1) is 0 Å². The van der Waals surface area contributed by atoms with Crippen LogP contribution in [0.1, 0.15) is 37.0 Å². The van der Waals surface area contributed by atoms with Crippen molar-refractivity contribution in [2.75, 3.05) is 5.75 Å². The fourth-order valence-corrected chi connectivity index (χ4v) is 2.97. The quantitative estimate of drug-likeness (QED) is 0.796. The Morgan fingerprint density at radius 1 is 1.32 bits per heavy atom. The van der Waals surface area contributed by atoms with Crippen molar-refractivity contribution in [3.8, 4) is 0 Å². The molecule has 0 bridgehead atoms. The van der Waals surface area contributed by atoms with Gasteiger partial charge in [-0.3, -0.25) is 4.79 Å². The van der Waals surface area contributed by atoms with E-state index in [1.165, 1.54) is 26.0 Å². The van der Waals surface area contributed by atoms with Gasteiger partial charge in [0.1, 0.15) is 0 Å². The van der Waals surface area contributed by atoms with E-state index in [4.69, 9.17) is 4.74 Å². The standard InChI is InChI=1S/C15H19NO5S/c1-3-22(19,20)13-7-5-4-6-12(13)15(18)21-10(2)14(17)16-11-8-9-11/h4-7,10-11H,3,8-9H2,1-2H3,(H,16,17)/t10-/m1/s1. The van der Waals surface area contributed by atoms with Crippen LogP contribution in [0.4, 0.5) is 0 Å². The molecule has 1 N–H and O–H groups in total. The van der Waals surface area contributed by atoms with E-state index in [1.807, 2.05) is 0 Å². The molecule has 120 valence electrons. The summed E-state index contributed by atoms with van der Waals surface area (Å²) in [6.07, 6.45) is 0.902.